The summed E-state index contributed by atoms with van der Waals surface area (Å²) in [5.74, 6) is -1.09. The molecule has 1 saturated heterocycles. The number of aliphatic hydroxyl groups is 1. The molecule has 0 spiro atoms. The number of anilines is 1. The van der Waals surface area contributed by atoms with Gasteiger partial charge in [-0.2, -0.15) is 0 Å². The number of aromatic nitrogens is 1. The van der Waals surface area contributed by atoms with Crippen LogP contribution in [-0.4, -0.2) is 59.3 Å². The SMILES string of the molecule is O=C(NCc1ccc(OC(F)(F)F)cc1F)N(C1CC1)C1CC(CO)CN(c2ccno2)C1. The molecule has 2 amide bonds. The maximum atomic E-state index is 14.2. The van der Waals surface area contributed by atoms with Crippen LogP contribution in [0.15, 0.2) is 35.0 Å². The van der Waals surface area contributed by atoms with E-state index in [1.165, 1.54) is 6.20 Å². The molecular formula is C21H24F4N4O4. The third-order valence-corrected chi connectivity index (χ3v) is 5.77. The molecule has 2 fully saturated rings. The summed E-state index contributed by atoms with van der Waals surface area (Å²) in [6.45, 7) is 0.828. The van der Waals surface area contributed by atoms with Crippen LogP contribution in [0.1, 0.15) is 24.8 Å². The lowest BCUT2D eigenvalue weighted by molar-refractivity contribution is -0.274. The highest BCUT2D eigenvalue weighted by Gasteiger charge is 2.41. The number of benzene rings is 1. The fraction of sp³-hybridized carbons (Fsp3) is 0.524. The van der Waals surface area contributed by atoms with Crippen LogP contribution in [0.3, 0.4) is 0 Å². The Morgan fingerprint density at radius 1 is 1.27 bits per heavy atom. The molecule has 33 heavy (non-hydrogen) atoms. The fourth-order valence-electron chi connectivity index (χ4n) is 4.17. The second-order valence-electron chi connectivity index (χ2n) is 8.29. The first-order valence-corrected chi connectivity index (χ1v) is 10.6. The van der Waals surface area contributed by atoms with Crippen molar-refractivity contribution in [3.05, 3.63) is 41.8 Å². The molecule has 8 nitrogen and oxygen atoms in total. The van der Waals surface area contributed by atoms with Crippen LogP contribution in [-0.2, 0) is 6.54 Å². The van der Waals surface area contributed by atoms with Crippen LogP contribution in [0.2, 0.25) is 0 Å². The van der Waals surface area contributed by atoms with Gasteiger partial charge in [-0.05, 0) is 25.3 Å². The van der Waals surface area contributed by atoms with Crippen molar-refractivity contribution >= 4 is 11.9 Å². The highest BCUT2D eigenvalue weighted by Crippen LogP contribution is 2.34. The molecular weight excluding hydrogens is 448 g/mol. The van der Waals surface area contributed by atoms with Gasteiger partial charge in [-0.15, -0.1) is 13.2 Å². The number of piperidine rings is 1. The van der Waals surface area contributed by atoms with Gasteiger partial charge in [0.1, 0.15) is 11.6 Å². The van der Waals surface area contributed by atoms with Crippen LogP contribution in [0, 0.1) is 11.7 Å². The van der Waals surface area contributed by atoms with Crippen molar-refractivity contribution in [2.75, 3.05) is 24.6 Å². The summed E-state index contributed by atoms with van der Waals surface area (Å²) in [5.41, 5.74) is 0.0359. The minimum atomic E-state index is -4.92. The number of rotatable bonds is 7. The van der Waals surface area contributed by atoms with Gasteiger partial charge in [0.05, 0.1) is 12.2 Å². The van der Waals surface area contributed by atoms with Gasteiger partial charge in [0.2, 0.25) is 5.88 Å². The molecule has 180 valence electrons. The van der Waals surface area contributed by atoms with Gasteiger partial charge in [0, 0.05) is 55.9 Å². The minimum absolute atomic E-state index is 0.0359. The lowest BCUT2D eigenvalue weighted by atomic mass is 9.93. The van der Waals surface area contributed by atoms with E-state index in [1.807, 2.05) is 4.90 Å². The zero-order valence-electron chi connectivity index (χ0n) is 17.6. The molecule has 1 aliphatic carbocycles. The number of nitrogens with one attached hydrogen (secondary N) is 1. The number of ether oxygens (including phenoxy) is 1. The van der Waals surface area contributed by atoms with Crippen molar-refractivity contribution in [3.63, 3.8) is 0 Å². The topological polar surface area (TPSA) is 91.1 Å². The molecule has 0 bridgehead atoms. The van der Waals surface area contributed by atoms with Crippen molar-refractivity contribution in [3.8, 4) is 5.75 Å². The highest BCUT2D eigenvalue weighted by atomic mass is 19.4. The Morgan fingerprint density at radius 2 is 2.06 bits per heavy atom. The van der Waals surface area contributed by atoms with E-state index in [-0.39, 0.29) is 36.7 Å². The number of halogens is 4. The third-order valence-electron chi connectivity index (χ3n) is 5.77. The zero-order valence-corrected chi connectivity index (χ0v) is 17.6. The number of urea groups is 1. The predicted octanol–water partition coefficient (Wildman–Crippen LogP) is 3.27. The van der Waals surface area contributed by atoms with E-state index in [2.05, 4.69) is 15.2 Å². The average Bonchev–Trinajstić information content (AvgIpc) is 3.42. The molecule has 0 radical (unpaired) electrons. The molecule has 1 aromatic carbocycles. The number of carbonyl (C=O) groups excluding carboxylic acids is 1. The van der Waals surface area contributed by atoms with E-state index >= 15 is 0 Å². The van der Waals surface area contributed by atoms with Crippen molar-refractivity contribution in [1.82, 2.24) is 15.4 Å². The van der Waals surface area contributed by atoms with Gasteiger partial charge >= 0.3 is 12.4 Å². The summed E-state index contributed by atoms with van der Waals surface area (Å²) in [5, 5.41) is 16.2. The van der Waals surface area contributed by atoms with Gasteiger partial charge < -0.3 is 29.5 Å². The summed E-state index contributed by atoms with van der Waals surface area (Å²) < 4.78 is 60.1. The molecule has 12 heteroatoms. The molecule has 2 unspecified atom stereocenters. The highest BCUT2D eigenvalue weighted by molar-refractivity contribution is 5.75. The summed E-state index contributed by atoms with van der Waals surface area (Å²) >= 11 is 0. The molecule has 4 rings (SSSR count). The van der Waals surface area contributed by atoms with Crippen LogP contribution in [0.5, 0.6) is 5.75 Å². The lowest BCUT2D eigenvalue weighted by Gasteiger charge is -2.42. The first kappa shape index (κ1) is 23.1. The first-order valence-electron chi connectivity index (χ1n) is 10.6. The number of hydrogen-bond donors (Lipinski definition) is 2. The minimum Gasteiger partial charge on any atom is -0.406 e. The number of hydrogen-bond acceptors (Lipinski definition) is 6. The number of aliphatic hydroxyl groups excluding tert-OH is 1. The van der Waals surface area contributed by atoms with Crippen molar-refractivity contribution < 1.29 is 36.7 Å². The van der Waals surface area contributed by atoms with Gasteiger partial charge in [0.15, 0.2) is 0 Å². The summed E-state index contributed by atoms with van der Waals surface area (Å²) in [7, 11) is 0. The largest absolute Gasteiger partial charge is 0.573 e. The smallest absolute Gasteiger partial charge is 0.406 e. The van der Waals surface area contributed by atoms with E-state index < -0.39 is 24.0 Å². The molecule has 2 N–H and O–H groups in total. The summed E-state index contributed by atoms with van der Waals surface area (Å²) in [6, 6.07) is 3.93. The Balaban J connectivity index is 1.42. The molecule has 2 atom stereocenters. The van der Waals surface area contributed by atoms with Crippen molar-refractivity contribution in [1.29, 1.82) is 0 Å². The third kappa shape index (κ3) is 5.86. The Hall–Kier alpha value is -3.02. The fourth-order valence-corrected chi connectivity index (χ4v) is 4.17. The quantitative estimate of drug-likeness (QED) is 0.602. The maximum Gasteiger partial charge on any atom is 0.573 e. The number of nitrogens with zero attached hydrogens (tertiary/aromatic N) is 3. The van der Waals surface area contributed by atoms with Crippen LogP contribution < -0.4 is 15.0 Å². The Bertz CT molecular complexity index is 952. The number of alkyl halides is 3. The van der Waals surface area contributed by atoms with Crippen molar-refractivity contribution in [2.24, 2.45) is 5.92 Å². The Kier molecular flexibility index (Phi) is 6.63. The van der Waals surface area contributed by atoms with Gasteiger partial charge in [-0.25, -0.2) is 9.18 Å². The van der Waals surface area contributed by atoms with Crippen LogP contribution in [0.25, 0.3) is 0 Å². The lowest BCUT2D eigenvalue weighted by Crippen LogP contribution is -2.56. The monoisotopic (exact) mass is 472 g/mol. The zero-order chi connectivity index (χ0) is 23.6. The second-order valence-corrected chi connectivity index (χ2v) is 8.29. The van der Waals surface area contributed by atoms with E-state index in [9.17, 15) is 27.5 Å². The molecule has 1 saturated carbocycles. The number of amides is 2. The average molecular weight is 472 g/mol. The molecule has 2 heterocycles. The van der Waals surface area contributed by atoms with Crippen LogP contribution >= 0.6 is 0 Å². The van der Waals surface area contributed by atoms with E-state index in [1.54, 1.807) is 11.0 Å². The predicted molar refractivity (Wildman–Crippen MR) is 108 cm³/mol. The van der Waals surface area contributed by atoms with E-state index in [0.29, 0.717) is 31.5 Å². The van der Waals surface area contributed by atoms with Crippen molar-refractivity contribution in [2.45, 2.75) is 44.3 Å². The summed E-state index contributed by atoms with van der Waals surface area (Å²) in [6.07, 6.45) is -1.11. The maximum absolute atomic E-state index is 14.2. The van der Waals surface area contributed by atoms with Gasteiger partial charge in [0.25, 0.3) is 0 Å². The van der Waals surface area contributed by atoms with Gasteiger partial charge in [-0.3, -0.25) is 0 Å². The molecule has 2 aliphatic rings. The Morgan fingerprint density at radius 3 is 2.67 bits per heavy atom. The summed E-state index contributed by atoms with van der Waals surface area (Å²) in [4.78, 5) is 16.7. The van der Waals surface area contributed by atoms with E-state index in [4.69, 9.17) is 4.52 Å². The van der Waals surface area contributed by atoms with Crippen LogP contribution in [0.4, 0.5) is 28.2 Å². The molecule has 1 aromatic heterocycles. The standard InChI is InChI=1S/C21H24F4N4O4/c22-18-8-17(32-21(23,24)25)4-1-14(18)9-26-20(31)29(15-2-3-15)16-7-13(12-30)10-28(11-16)19-5-6-27-33-19/h1,4-6,8,13,15-16,30H,2-3,7,9-12H2,(H,26,31). The normalized spacial score (nSPS) is 21.1. The van der Waals surface area contributed by atoms with Gasteiger partial charge in [-0.1, -0.05) is 11.2 Å². The number of carbonyl (C=O) groups is 1. The molecule has 1 aliphatic heterocycles. The second kappa shape index (κ2) is 9.46. The van der Waals surface area contributed by atoms with E-state index in [0.717, 1.165) is 25.0 Å². The molecule has 2 aromatic rings. The Labute approximate surface area is 187 Å². The first-order chi connectivity index (χ1) is 15.7.